The maximum absolute atomic E-state index is 13.0. The lowest BCUT2D eigenvalue weighted by Gasteiger charge is -2.28. The molecule has 4 aromatic rings. The molecule has 0 aliphatic carbocycles. The average Bonchev–Trinajstić information content (AvgIpc) is 2.87. The first-order valence-corrected chi connectivity index (χ1v) is 11.1. The van der Waals surface area contributed by atoms with Crippen LogP contribution in [0.15, 0.2) is 72.9 Å². The summed E-state index contributed by atoms with van der Waals surface area (Å²) in [5, 5.41) is 19.3. The van der Waals surface area contributed by atoms with Crippen molar-refractivity contribution in [3.05, 3.63) is 78.7 Å². The first kappa shape index (κ1) is 21.9. The molecular weight excluding hydrogens is 435 g/mol. The van der Waals surface area contributed by atoms with E-state index in [1.807, 2.05) is 24.4 Å². The molecule has 1 fully saturated rings. The molecule has 0 saturated carbocycles. The Morgan fingerprint density at radius 3 is 2.24 bits per heavy atom. The summed E-state index contributed by atoms with van der Waals surface area (Å²) in [6.45, 7) is 3.69. The van der Waals surface area contributed by atoms with E-state index in [9.17, 15) is 9.50 Å². The van der Waals surface area contributed by atoms with Gasteiger partial charge in [-0.05, 0) is 60.7 Å². The normalized spacial score (nSPS) is 14.6. The van der Waals surface area contributed by atoms with Gasteiger partial charge in [0.2, 0.25) is 6.35 Å². The fourth-order valence-electron chi connectivity index (χ4n) is 3.74. The van der Waals surface area contributed by atoms with Crippen LogP contribution in [0.5, 0.6) is 11.5 Å². The van der Waals surface area contributed by atoms with Crippen LogP contribution in [0, 0.1) is 5.82 Å². The van der Waals surface area contributed by atoms with Crippen LogP contribution >= 0.6 is 0 Å². The van der Waals surface area contributed by atoms with Gasteiger partial charge in [0, 0.05) is 43.6 Å². The van der Waals surface area contributed by atoms with Gasteiger partial charge in [-0.3, -0.25) is 4.98 Å². The zero-order valence-corrected chi connectivity index (χ0v) is 18.4. The van der Waals surface area contributed by atoms with Crippen LogP contribution in [0.2, 0.25) is 0 Å². The lowest BCUT2D eigenvalue weighted by atomic mass is 10.2. The number of aliphatic hydroxyl groups excluding tert-OH is 1. The van der Waals surface area contributed by atoms with Gasteiger partial charge in [-0.15, -0.1) is 0 Å². The molecule has 4 N–H and O–H groups in total. The van der Waals surface area contributed by atoms with Crippen molar-refractivity contribution in [3.63, 3.8) is 0 Å². The molecule has 2 heterocycles. The van der Waals surface area contributed by atoms with Crippen molar-refractivity contribution in [1.29, 1.82) is 0 Å². The molecule has 0 amide bonds. The minimum absolute atomic E-state index is 0.331. The van der Waals surface area contributed by atoms with Gasteiger partial charge >= 0.3 is 0 Å². The van der Waals surface area contributed by atoms with Crippen LogP contribution in [0.1, 0.15) is 0 Å². The molecular formula is C25H25FN6O2. The van der Waals surface area contributed by atoms with Crippen LogP contribution in [0.25, 0.3) is 11.0 Å². The predicted octanol–water partition coefficient (Wildman–Crippen LogP) is 3.77. The summed E-state index contributed by atoms with van der Waals surface area (Å²) in [5.74, 6) is 1.85. The number of rotatable bonds is 7. The van der Waals surface area contributed by atoms with Crippen LogP contribution in [0.4, 0.5) is 21.6 Å². The van der Waals surface area contributed by atoms with E-state index in [-0.39, 0.29) is 5.82 Å². The van der Waals surface area contributed by atoms with E-state index in [1.54, 1.807) is 36.4 Å². The number of anilines is 3. The second-order valence-electron chi connectivity index (χ2n) is 7.94. The summed E-state index contributed by atoms with van der Waals surface area (Å²) in [6, 6.07) is 18.6. The van der Waals surface area contributed by atoms with E-state index in [0.717, 1.165) is 43.0 Å². The van der Waals surface area contributed by atoms with Gasteiger partial charge in [-0.1, -0.05) is 0 Å². The van der Waals surface area contributed by atoms with Gasteiger partial charge in [0.05, 0.1) is 17.2 Å². The third kappa shape index (κ3) is 5.33. The van der Waals surface area contributed by atoms with Crippen molar-refractivity contribution < 1.29 is 14.2 Å². The van der Waals surface area contributed by atoms with E-state index in [4.69, 9.17) is 9.72 Å². The number of nitrogens with one attached hydrogen (secondary N) is 3. The molecule has 3 aromatic carbocycles. The average molecular weight is 461 g/mol. The lowest BCUT2D eigenvalue weighted by Crippen LogP contribution is -2.43. The summed E-state index contributed by atoms with van der Waals surface area (Å²) in [6.07, 6.45) is 0.778. The Kier molecular flexibility index (Phi) is 6.37. The Balaban J connectivity index is 1.23. The van der Waals surface area contributed by atoms with Crippen molar-refractivity contribution in [3.8, 4) is 11.5 Å². The maximum atomic E-state index is 13.0. The Bertz CT molecular complexity index is 1250. The van der Waals surface area contributed by atoms with E-state index < -0.39 is 6.35 Å². The van der Waals surface area contributed by atoms with Crippen LogP contribution in [0.3, 0.4) is 0 Å². The Morgan fingerprint density at radius 2 is 1.53 bits per heavy atom. The first-order chi connectivity index (χ1) is 16.6. The number of piperazine rings is 1. The van der Waals surface area contributed by atoms with Crippen LogP contribution in [-0.4, -0.2) is 47.6 Å². The largest absolute Gasteiger partial charge is 0.457 e. The second kappa shape index (κ2) is 9.90. The number of aliphatic hydroxyl groups is 1. The van der Waals surface area contributed by atoms with E-state index in [2.05, 4.69) is 25.8 Å². The number of benzene rings is 3. The highest BCUT2D eigenvalue weighted by Gasteiger charge is 2.13. The summed E-state index contributed by atoms with van der Waals surface area (Å²) in [5.41, 5.74) is 2.88. The number of ether oxygens (including phenoxy) is 1. The number of aromatic nitrogens is 2. The molecule has 1 saturated heterocycles. The van der Waals surface area contributed by atoms with Crippen molar-refractivity contribution in [2.45, 2.75) is 6.35 Å². The molecule has 1 unspecified atom stereocenters. The lowest BCUT2D eigenvalue weighted by molar-refractivity contribution is 0.233. The number of hydrogen-bond acceptors (Lipinski definition) is 8. The van der Waals surface area contributed by atoms with Crippen molar-refractivity contribution >= 4 is 28.2 Å². The highest BCUT2D eigenvalue weighted by molar-refractivity contribution is 5.77. The Morgan fingerprint density at radius 1 is 0.882 bits per heavy atom. The quantitative estimate of drug-likeness (QED) is 0.310. The van der Waals surface area contributed by atoms with Gasteiger partial charge in [0.1, 0.15) is 23.1 Å². The van der Waals surface area contributed by atoms with Gasteiger partial charge in [-0.2, -0.15) is 0 Å². The highest BCUT2D eigenvalue weighted by atomic mass is 19.1. The van der Waals surface area contributed by atoms with E-state index >= 15 is 0 Å². The SMILES string of the molecule is OC(Nc1ccc(F)cc1)Nc1ccc(Oc2ccc3ncc(N4CCNCC4)nc3c2)cc1. The third-order valence-corrected chi connectivity index (χ3v) is 5.48. The Hall–Kier alpha value is -3.95. The molecule has 5 rings (SSSR count). The summed E-state index contributed by atoms with van der Waals surface area (Å²) < 4.78 is 19.0. The summed E-state index contributed by atoms with van der Waals surface area (Å²) in [4.78, 5) is 11.5. The molecule has 174 valence electrons. The fraction of sp³-hybridized carbons (Fsp3) is 0.200. The van der Waals surface area contributed by atoms with E-state index in [0.29, 0.717) is 22.9 Å². The van der Waals surface area contributed by atoms with Crippen molar-refractivity contribution in [1.82, 2.24) is 15.3 Å². The van der Waals surface area contributed by atoms with E-state index in [1.165, 1.54) is 12.1 Å². The predicted molar refractivity (Wildman–Crippen MR) is 131 cm³/mol. The first-order valence-electron chi connectivity index (χ1n) is 11.1. The van der Waals surface area contributed by atoms with Crippen molar-refractivity contribution in [2.75, 3.05) is 41.7 Å². The smallest absolute Gasteiger partial charge is 0.202 e. The second-order valence-corrected chi connectivity index (χ2v) is 7.94. The monoisotopic (exact) mass is 460 g/mol. The molecule has 1 aromatic heterocycles. The minimum atomic E-state index is -1.04. The highest BCUT2D eigenvalue weighted by Crippen LogP contribution is 2.26. The molecule has 0 radical (unpaired) electrons. The topological polar surface area (TPSA) is 94.6 Å². The summed E-state index contributed by atoms with van der Waals surface area (Å²) in [7, 11) is 0. The molecule has 8 nitrogen and oxygen atoms in total. The van der Waals surface area contributed by atoms with Crippen LogP contribution in [-0.2, 0) is 0 Å². The van der Waals surface area contributed by atoms with Crippen molar-refractivity contribution in [2.24, 2.45) is 0 Å². The Labute approximate surface area is 196 Å². The minimum Gasteiger partial charge on any atom is -0.457 e. The standard InChI is InChI=1S/C25H25FN6O2/c26-17-1-3-18(4-2-17)29-25(33)30-19-5-7-20(8-6-19)34-21-9-10-22-23(15-21)31-24(16-28-22)32-13-11-27-12-14-32/h1-10,15-16,25,27,29-30,33H,11-14H2. The van der Waals surface area contributed by atoms with Gasteiger partial charge in [-0.25, -0.2) is 9.37 Å². The molecule has 0 spiro atoms. The number of hydrogen-bond donors (Lipinski definition) is 4. The molecule has 9 heteroatoms. The molecule has 1 atom stereocenters. The zero-order chi connectivity index (χ0) is 23.3. The third-order valence-electron chi connectivity index (χ3n) is 5.48. The molecule has 0 bridgehead atoms. The van der Waals surface area contributed by atoms with Crippen LogP contribution < -0.4 is 25.6 Å². The zero-order valence-electron chi connectivity index (χ0n) is 18.4. The number of nitrogens with zero attached hydrogens (tertiary/aromatic N) is 3. The van der Waals surface area contributed by atoms with Gasteiger partial charge < -0.3 is 30.7 Å². The maximum Gasteiger partial charge on any atom is 0.202 e. The van der Waals surface area contributed by atoms with Gasteiger partial charge in [0.25, 0.3) is 0 Å². The molecule has 1 aliphatic rings. The van der Waals surface area contributed by atoms with Gasteiger partial charge in [0.15, 0.2) is 0 Å². The molecule has 1 aliphatic heterocycles. The number of halogens is 1. The molecule has 34 heavy (non-hydrogen) atoms. The fourth-order valence-corrected chi connectivity index (χ4v) is 3.74. The summed E-state index contributed by atoms with van der Waals surface area (Å²) >= 11 is 0. The number of fused-ring (bicyclic) bond motifs is 1.